The molecule has 0 heterocycles. The van der Waals surface area contributed by atoms with Gasteiger partial charge in [-0.3, -0.25) is 4.79 Å². The van der Waals surface area contributed by atoms with Crippen molar-refractivity contribution in [2.75, 3.05) is 0 Å². The number of Topliss-reactive ketones (excluding diaryl/α,β-unsaturated/α-hetero) is 1. The third-order valence-electron chi connectivity index (χ3n) is 6.89. The van der Waals surface area contributed by atoms with E-state index in [4.69, 9.17) is 0 Å². The van der Waals surface area contributed by atoms with Crippen LogP contribution in [0.2, 0.25) is 0 Å². The summed E-state index contributed by atoms with van der Waals surface area (Å²) in [4.78, 5) is 24.2. The number of carbonyl (C=O) groups excluding carboxylic acids is 2. The average molecular weight is 321 g/mol. The third kappa shape index (κ3) is 4.90. The first kappa shape index (κ1) is 18.7. The molecule has 0 unspecified atom stereocenters. The SMILES string of the molecule is CC[C@H](C=O)[C@@H]1CCCC[C@@H]1CC(=O)CC1(CC)CCCCC1. The summed E-state index contributed by atoms with van der Waals surface area (Å²) in [5.74, 6) is 1.57. The highest BCUT2D eigenvalue weighted by molar-refractivity contribution is 5.79. The molecule has 0 radical (unpaired) electrons. The van der Waals surface area contributed by atoms with Crippen molar-refractivity contribution in [1.29, 1.82) is 0 Å². The molecule has 0 aliphatic heterocycles. The average Bonchev–Trinajstić information content (AvgIpc) is 2.58. The maximum atomic E-state index is 12.8. The smallest absolute Gasteiger partial charge is 0.133 e. The Kier molecular flexibility index (Phi) is 7.30. The third-order valence-corrected chi connectivity index (χ3v) is 6.89. The van der Waals surface area contributed by atoms with Crippen LogP contribution in [0.25, 0.3) is 0 Å². The van der Waals surface area contributed by atoms with E-state index < -0.39 is 0 Å². The van der Waals surface area contributed by atoms with Crippen LogP contribution >= 0.6 is 0 Å². The normalized spacial score (nSPS) is 29.0. The summed E-state index contributed by atoms with van der Waals surface area (Å²) in [5, 5.41) is 0. The molecule has 132 valence electrons. The van der Waals surface area contributed by atoms with Crippen molar-refractivity contribution in [2.24, 2.45) is 23.2 Å². The van der Waals surface area contributed by atoms with Crippen LogP contribution in [0.1, 0.15) is 97.3 Å². The molecule has 2 aliphatic rings. The number of hydrogen-bond acceptors (Lipinski definition) is 2. The Hall–Kier alpha value is -0.660. The van der Waals surface area contributed by atoms with E-state index in [0.717, 1.165) is 44.8 Å². The highest BCUT2D eigenvalue weighted by Gasteiger charge is 2.36. The van der Waals surface area contributed by atoms with E-state index in [0.29, 0.717) is 23.0 Å². The lowest BCUT2D eigenvalue weighted by Gasteiger charge is -2.38. The van der Waals surface area contributed by atoms with Gasteiger partial charge in [0.2, 0.25) is 0 Å². The molecule has 3 atom stereocenters. The fraction of sp³-hybridized carbons (Fsp3) is 0.905. The molecule has 2 nitrogen and oxygen atoms in total. The topological polar surface area (TPSA) is 34.1 Å². The zero-order valence-electron chi connectivity index (χ0n) is 15.3. The van der Waals surface area contributed by atoms with Crippen LogP contribution in [0.4, 0.5) is 0 Å². The first-order valence-corrected chi connectivity index (χ1v) is 10.1. The molecular weight excluding hydrogens is 284 g/mol. The van der Waals surface area contributed by atoms with Crippen LogP contribution in [0.5, 0.6) is 0 Å². The predicted octanol–water partition coefficient (Wildman–Crippen LogP) is 5.73. The zero-order valence-corrected chi connectivity index (χ0v) is 15.3. The van der Waals surface area contributed by atoms with E-state index in [-0.39, 0.29) is 5.92 Å². The lowest BCUT2D eigenvalue weighted by atomic mass is 9.66. The van der Waals surface area contributed by atoms with E-state index in [2.05, 4.69) is 13.8 Å². The highest BCUT2D eigenvalue weighted by Crippen LogP contribution is 2.44. The van der Waals surface area contributed by atoms with Crippen molar-refractivity contribution in [3.63, 3.8) is 0 Å². The largest absolute Gasteiger partial charge is 0.303 e. The van der Waals surface area contributed by atoms with Crippen molar-refractivity contribution >= 4 is 12.1 Å². The number of ketones is 1. The van der Waals surface area contributed by atoms with Gasteiger partial charge in [0, 0.05) is 18.8 Å². The van der Waals surface area contributed by atoms with Gasteiger partial charge in [0.05, 0.1) is 0 Å². The summed E-state index contributed by atoms with van der Waals surface area (Å²) < 4.78 is 0. The van der Waals surface area contributed by atoms with E-state index in [1.165, 1.54) is 44.9 Å². The Morgan fingerprint density at radius 3 is 2.39 bits per heavy atom. The summed E-state index contributed by atoms with van der Waals surface area (Å²) in [6.07, 6.45) is 16.0. The summed E-state index contributed by atoms with van der Waals surface area (Å²) in [6, 6.07) is 0. The molecule has 0 saturated heterocycles. The van der Waals surface area contributed by atoms with Gasteiger partial charge in [0.1, 0.15) is 12.1 Å². The second-order valence-corrected chi connectivity index (χ2v) is 8.25. The van der Waals surface area contributed by atoms with Gasteiger partial charge in [-0.05, 0) is 49.4 Å². The van der Waals surface area contributed by atoms with Crippen LogP contribution in [-0.2, 0) is 9.59 Å². The molecule has 2 aliphatic carbocycles. The van der Waals surface area contributed by atoms with Crippen molar-refractivity contribution in [3.05, 3.63) is 0 Å². The number of aldehydes is 1. The first-order valence-electron chi connectivity index (χ1n) is 10.1. The Balaban J connectivity index is 1.95. The molecule has 23 heavy (non-hydrogen) atoms. The summed E-state index contributed by atoms with van der Waals surface area (Å²) >= 11 is 0. The fourth-order valence-electron chi connectivity index (χ4n) is 5.29. The maximum absolute atomic E-state index is 12.8. The Morgan fingerprint density at radius 2 is 1.78 bits per heavy atom. The summed E-state index contributed by atoms with van der Waals surface area (Å²) in [5.41, 5.74) is 0.300. The van der Waals surface area contributed by atoms with Gasteiger partial charge in [-0.15, -0.1) is 0 Å². The van der Waals surface area contributed by atoms with Crippen LogP contribution in [0.15, 0.2) is 0 Å². The molecule has 0 N–H and O–H groups in total. The Labute approximate surface area is 142 Å². The van der Waals surface area contributed by atoms with Crippen molar-refractivity contribution < 1.29 is 9.59 Å². The standard InChI is InChI=1S/C21H36O2/c1-3-17(16-22)20-11-7-6-10-18(20)14-19(23)15-21(4-2)12-8-5-9-13-21/h16-18,20H,3-15H2,1-2H3/t17-,18-,20+/m1/s1. The molecule has 2 fully saturated rings. The van der Waals surface area contributed by atoms with E-state index in [9.17, 15) is 9.59 Å². The monoisotopic (exact) mass is 320 g/mol. The van der Waals surface area contributed by atoms with Crippen LogP contribution in [0, 0.1) is 23.2 Å². The Morgan fingerprint density at radius 1 is 1.09 bits per heavy atom. The molecule has 2 heteroatoms. The second kappa shape index (κ2) is 8.99. The summed E-state index contributed by atoms with van der Waals surface area (Å²) in [6.45, 7) is 4.38. The van der Waals surface area contributed by atoms with E-state index in [1.54, 1.807) is 0 Å². The van der Waals surface area contributed by atoms with Crippen molar-refractivity contribution in [1.82, 2.24) is 0 Å². The lowest BCUT2D eigenvalue weighted by molar-refractivity contribution is -0.125. The maximum Gasteiger partial charge on any atom is 0.133 e. The molecule has 0 aromatic carbocycles. The van der Waals surface area contributed by atoms with Crippen LogP contribution < -0.4 is 0 Å². The molecule has 0 spiro atoms. The molecule has 0 aromatic heterocycles. The minimum Gasteiger partial charge on any atom is -0.303 e. The quantitative estimate of drug-likeness (QED) is 0.535. The molecule has 0 bridgehead atoms. The minimum atomic E-state index is 0.169. The highest BCUT2D eigenvalue weighted by atomic mass is 16.1. The Bertz CT molecular complexity index is 381. The molecule has 2 rings (SSSR count). The minimum absolute atomic E-state index is 0.169. The van der Waals surface area contributed by atoms with Gasteiger partial charge in [-0.25, -0.2) is 0 Å². The predicted molar refractivity (Wildman–Crippen MR) is 95.3 cm³/mol. The van der Waals surface area contributed by atoms with Crippen molar-refractivity contribution in [3.8, 4) is 0 Å². The number of carbonyl (C=O) groups is 2. The van der Waals surface area contributed by atoms with Gasteiger partial charge in [0.25, 0.3) is 0 Å². The van der Waals surface area contributed by atoms with Gasteiger partial charge >= 0.3 is 0 Å². The molecule has 0 aromatic rings. The zero-order chi connectivity index (χ0) is 16.7. The van der Waals surface area contributed by atoms with E-state index in [1.807, 2.05) is 0 Å². The van der Waals surface area contributed by atoms with Gasteiger partial charge in [-0.1, -0.05) is 52.4 Å². The molecule has 2 saturated carbocycles. The second-order valence-electron chi connectivity index (χ2n) is 8.25. The molecule has 0 amide bonds. The van der Waals surface area contributed by atoms with Gasteiger partial charge in [-0.2, -0.15) is 0 Å². The van der Waals surface area contributed by atoms with Crippen LogP contribution in [0.3, 0.4) is 0 Å². The molecular formula is C21H36O2. The lowest BCUT2D eigenvalue weighted by Crippen LogP contribution is -2.32. The van der Waals surface area contributed by atoms with Gasteiger partial charge < -0.3 is 4.79 Å². The van der Waals surface area contributed by atoms with Gasteiger partial charge in [0.15, 0.2) is 0 Å². The van der Waals surface area contributed by atoms with E-state index >= 15 is 0 Å². The summed E-state index contributed by atoms with van der Waals surface area (Å²) in [7, 11) is 0. The number of hydrogen-bond donors (Lipinski definition) is 0. The number of rotatable bonds is 8. The fourth-order valence-corrected chi connectivity index (χ4v) is 5.29. The first-order chi connectivity index (χ1) is 11.1. The van der Waals surface area contributed by atoms with Crippen LogP contribution in [-0.4, -0.2) is 12.1 Å². The van der Waals surface area contributed by atoms with Crippen molar-refractivity contribution in [2.45, 2.75) is 97.3 Å².